The lowest BCUT2D eigenvalue weighted by Crippen LogP contribution is -2.30. The van der Waals surface area contributed by atoms with Gasteiger partial charge in [0.05, 0.1) is 17.7 Å². The van der Waals surface area contributed by atoms with Crippen LogP contribution in [0.5, 0.6) is 0 Å². The summed E-state index contributed by atoms with van der Waals surface area (Å²) in [5.74, 6) is 0.473. The highest BCUT2D eigenvalue weighted by atomic mass is 32.2. The second-order valence-electron chi connectivity index (χ2n) is 8.04. The smallest absolute Gasteiger partial charge is 0.263 e. The van der Waals surface area contributed by atoms with E-state index in [2.05, 4.69) is 0 Å². The molecule has 0 bridgehead atoms. The van der Waals surface area contributed by atoms with E-state index in [4.69, 9.17) is 4.98 Å². The van der Waals surface area contributed by atoms with Crippen molar-refractivity contribution < 1.29 is 4.79 Å². The number of benzene rings is 1. The molecule has 0 saturated carbocycles. The van der Waals surface area contributed by atoms with Crippen LogP contribution < -0.4 is 5.56 Å². The van der Waals surface area contributed by atoms with E-state index in [0.29, 0.717) is 17.5 Å². The lowest BCUT2D eigenvalue weighted by molar-refractivity contribution is -0.127. The molecule has 1 aromatic carbocycles. The number of hydrogen-bond acceptors (Lipinski definition) is 5. The normalized spacial score (nSPS) is 15.4. The van der Waals surface area contributed by atoms with Crippen molar-refractivity contribution in [2.45, 2.75) is 64.1 Å². The Labute approximate surface area is 197 Å². The zero-order valence-electron chi connectivity index (χ0n) is 18.9. The Morgan fingerprint density at radius 2 is 1.78 bits per heavy atom. The highest BCUT2D eigenvalue weighted by Gasteiger charge is 2.24. The molecular weight excluding hydrogens is 438 g/mol. The summed E-state index contributed by atoms with van der Waals surface area (Å²) >= 11 is 3.07. The molecular formula is C25H31N3O2S2. The van der Waals surface area contributed by atoms with Gasteiger partial charge >= 0.3 is 0 Å². The molecule has 1 amide bonds. The van der Waals surface area contributed by atoms with Gasteiger partial charge in [-0.05, 0) is 49.7 Å². The predicted octanol–water partition coefficient (Wildman–Crippen LogP) is 5.13. The van der Waals surface area contributed by atoms with Crippen molar-refractivity contribution >= 4 is 39.2 Å². The summed E-state index contributed by atoms with van der Waals surface area (Å²) in [6.45, 7) is 6.17. The Balaban J connectivity index is 0.00000119. The van der Waals surface area contributed by atoms with E-state index in [1.807, 2.05) is 49.1 Å². The van der Waals surface area contributed by atoms with Crippen LogP contribution in [0.1, 0.15) is 55.5 Å². The molecule has 2 aliphatic rings. The molecule has 170 valence electrons. The minimum atomic E-state index is 0.0411. The average Bonchev–Trinajstić information content (AvgIpc) is 3.50. The van der Waals surface area contributed by atoms with Crippen LogP contribution in [0.25, 0.3) is 10.2 Å². The predicted molar refractivity (Wildman–Crippen MR) is 134 cm³/mol. The molecule has 0 atom stereocenters. The van der Waals surface area contributed by atoms with Crippen LogP contribution >= 0.6 is 23.1 Å². The van der Waals surface area contributed by atoms with Crippen LogP contribution in [-0.4, -0.2) is 39.2 Å². The molecule has 5 rings (SSSR count). The van der Waals surface area contributed by atoms with Crippen LogP contribution in [0, 0.1) is 0 Å². The first-order valence-electron chi connectivity index (χ1n) is 11.7. The Kier molecular flexibility index (Phi) is 7.68. The van der Waals surface area contributed by atoms with E-state index in [-0.39, 0.29) is 11.5 Å². The maximum absolute atomic E-state index is 13.6. The van der Waals surface area contributed by atoms with Gasteiger partial charge in [-0.15, -0.1) is 11.3 Å². The largest absolute Gasteiger partial charge is 0.342 e. The number of carbonyl (C=O) groups excluding carboxylic acids is 1. The fourth-order valence-corrected chi connectivity index (χ4v) is 6.62. The van der Waals surface area contributed by atoms with Crippen LogP contribution in [-0.2, 0) is 24.2 Å². The van der Waals surface area contributed by atoms with Crippen LogP contribution in [0.15, 0.2) is 40.3 Å². The zero-order chi connectivity index (χ0) is 22.5. The van der Waals surface area contributed by atoms with Gasteiger partial charge in [0.2, 0.25) is 5.91 Å². The summed E-state index contributed by atoms with van der Waals surface area (Å²) in [4.78, 5) is 35.2. The number of thiophene rings is 1. The second-order valence-corrected chi connectivity index (χ2v) is 10.1. The summed E-state index contributed by atoms with van der Waals surface area (Å²) in [6, 6.07) is 10.0. The number of carbonyl (C=O) groups is 1. The summed E-state index contributed by atoms with van der Waals surface area (Å²) in [7, 11) is 0. The first-order chi connectivity index (χ1) is 15.7. The molecule has 1 saturated heterocycles. The SMILES string of the molecule is CC.O=C(CSc1nc2sc3c(c2c(=O)n1Cc1ccccc1)CCCC3)N1CCCC1. The second kappa shape index (κ2) is 10.7. The monoisotopic (exact) mass is 469 g/mol. The van der Waals surface area contributed by atoms with Gasteiger partial charge in [0.15, 0.2) is 5.16 Å². The third kappa shape index (κ3) is 4.79. The van der Waals surface area contributed by atoms with Crippen molar-refractivity contribution in [3.8, 4) is 0 Å². The van der Waals surface area contributed by atoms with E-state index in [0.717, 1.165) is 61.0 Å². The minimum Gasteiger partial charge on any atom is -0.342 e. The van der Waals surface area contributed by atoms with Gasteiger partial charge in [-0.3, -0.25) is 14.2 Å². The number of fused-ring (bicyclic) bond motifs is 3. The third-order valence-electron chi connectivity index (χ3n) is 6.01. The summed E-state index contributed by atoms with van der Waals surface area (Å²) in [5.41, 5.74) is 2.32. The van der Waals surface area contributed by atoms with Crippen molar-refractivity contribution in [3.63, 3.8) is 0 Å². The molecule has 1 fully saturated rings. The van der Waals surface area contributed by atoms with Crippen molar-refractivity contribution in [1.29, 1.82) is 0 Å². The Morgan fingerprint density at radius 1 is 1.06 bits per heavy atom. The summed E-state index contributed by atoms with van der Waals surface area (Å²) in [5, 5.41) is 1.46. The maximum Gasteiger partial charge on any atom is 0.263 e. The van der Waals surface area contributed by atoms with Gasteiger partial charge in [0, 0.05) is 18.0 Å². The van der Waals surface area contributed by atoms with Crippen molar-refractivity contribution in [2.24, 2.45) is 0 Å². The summed E-state index contributed by atoms with van der Waals surface area (Å²) < 4.78 is 1.78. The molecule has 0 N–H and O–H groups in total. The Bertz CT molecular complexity index is 1130. The number of amides is 1. The highest BCUT2D eigenvalue weighted by molar-refractivity contribution is 7.99. The van der Waals surface area contributed by atoms with Gasteiger partial charge in [0.1, 0.15) is 4.83 Å². The fourth-order valence-electron chi connectivity index (χ4n) is 4.42. The third-order valence-corrected chi connectivity index (χ3v) is 8.15. The number of nitrogens with zero attached hydrogens (tertiary/aromatic N) is 3. The van der Waals surface area contributed by atoms with Gasteiger partial charge in [-0.1, -0.05) is 55.9 Å². The number of rotatable bonds is 5. The van der Waals surface area contributed by atoms with E-state index in [1.54, 1.807) is 15.9 Å². The maximum atomic E-state index is 13.6. The number of thioether (sulfide) groups is 1. The van der Waals surface area contributed by atoms with Crippen molar-refractivity contribution in [2.75, 3.05) is 18.8 Å². The van der Waals surface area contributed by atoms with Crippen molar-refractivity contribution in [3.05, 3.63) is 56.7 Å². The standard InChI is InChI=1S/C23H25N3O2S2.C2H6/c27-19(25-12-6-7-13-25)15-29-23-24-21-20(17-10-4-5-11-18(17)30-21)22(28)26(23)14-16-8-2-1-3-9-16;1-2/h1-3,8-9H,4-7,10-15H2;1-2H3. The minimum absolute atomic E-state index is 0.0411. The lowest BCUT2D eigenvalue weighted by atomic mass is 9.97. The Hall–Kier alpha value is -2.12. The zero-order valence-corrected chi connectivity index (χ0v) is 20.6. The van der Waals surface area contributed by atoms with Crippen LogP contribution in [0.3, 0.4) is 0 Å². The molecule has 7 heteroatoms. The van der Waals surface area contributed by atoms with Crippen LogP contribution in [0.2, 0.25) is 0 Å². The molecule has 3 aromatic rings. The quantitative estimate of drug-likeness (QED) is 0.384. The number of aromatic nitrogens is 2. The lowest BCUT2D eigenvalue weighted by Gasteiger charge is -2.16. The molecule has 0 spiro atoms. The molecule has 32 heavy (non-hydrogen) atoms. The number of hydrogen-bond donors (Lipinski definition) is 0. The number of likely N-dealkylation sites (tertiary alicyclic amines) is 1. The molecule has 1 aliphatic carbocycles. The van der Waals surface area contributed by atoms with Crippen molar-refractivity contribution in [1.82, 2.24) is 14.5 Å². The summed E-state index contributed by atoms with van der Waals surface area (Å²) in [6.07, 6.45) is 6.50. The first-order valence-corrected chi connectivity index (χ1v) is 13.5. The van der Waals surface area contributed by atoms with E-state index >= 15 is 0 Å². The highest BCUT2D eigenvalue weighted by Crippen LogP contribution is 2.35. The van der Waals surface area contributed by atoms with E-state index < -0.39 is 0 Å². The van der Waals surface area contributed by atoms with Gasteiger partial charge in [-0.25, -0.2) is 4.98 Å². The van der Waals surface area contributed by atoms with Gasteiger partial charge < -0.3 is 4.90 Å². The Morgan fingerprint density at radius 3 is 2.53 bits per heavy atom. The molecule has 0 radical (unpaired) electrons. The first kappa shape index (κ1) is 23.1. The molecule has 3 heterocycles. The van der Waals surface area contributed by atoms with Crippen LogP contribution in [0.4, 0.5) is 0 Å². The molecule has 1 aliphatic heterocycles. The topological polar surface area (TPSA) is 55.2 Å². The molecule has 5 nitrogen and oxygen atoms in total. The fraction of sp³-hybridized carbons (Fsp3) is 0.480. The van der Waals surface area contributed by atoms with E-state index in [9.17, 15) is 9.59 Å². The molecule has 0 unspecified atom stereocenters. The van der Waals surface area contributed by atoms with Gasteiger partial charge in [-0.2, -0.15) is 0 Å². The molecule has 2 aromatic heterocycles. The van der Waals surface area contributed by atoms with Gasteiger partial charge in [0.25, 0.3) is 5.56 Å². The van der Waals surface area contributed by atoms with E-state index in [1.165, 1.54) is 28.6 Å². The number of aryl methyl sites for hydroxylation is 2. The average molecular weight is 470 g/mol.